The molecule has 246 valence electrons. The number of hydrogen-bond acceptors (Lipinski definition) is 4. The van der Waals surface area contributed by atoms with Gasteiger partial charge in [0.25, 0.3) is 0 Å². The second-order valence-electron chi connectivity index (χ2n) is 12.9. The number of carbonyl (C=O) groups excluding carboxylic acids is 2. The first-order chi connectivity index (χ1) is 21.5. The number of carbonyl (C=O) groups is 2. The third-order valence-electron chi connectivity index (χ3n) is 10.5. The van der Waals surface area contributed by atoms with Crippen LogP contribution in [-0.2, 0) is 21.4 Å². The highest BCUT2D eigenvalue weighted by Crippen LogP contribution is 2.50. The molecule has 45 heavy (non-hydrogen) atoms. The Kier molecular flexibility index (Phi) is 10.3. The summed E-state index contributed by atoms with van der Waals surface area (Å²) in [6, 6.07) is 12.5. The summed E-state index contributed by atoms with van der Waals surface area (Å²) in [6.45, 7) is 2.26. The average Bonchev–Trinajstić information content (AvgIpc) is 3.44. The van der Waals surface area contributed by atoms with Crippen LogP contribution in [0.5, 0.6) is 5.75 Å². The minimum absolute atomic E-state index is 0.221. The molecule has 0 radical (unpaired) electrons. The van der Waals surface area contributed by atoms with Crippen LogP contribution in [0.25, 0.3) is 0 Å². The molecule has 4 atom stereocenters. The highest BCUT2D eigenvalue weighted by Gasteiger charge is 2.56. The maximum absolute atomic E-state index is 15.8. The molecular formula is C34H41ClF4N2O4. The Morgan fingerprint density at radius 2 is 1.78 bits per heavy atom. The molecule has 2 aromatic carbocycles. The fraction of sp³-hybridized carbons (Fsp3) is 0.588. The highest BCUT2D eigenvalue weighted by atomic mass is 35.5. The molecule has 1 amide bonds. The summed E-state index contributed by atoms with van der Waals surface area (Å²) >= 11 is 6.40. The molecule has 3 fully saturated rings. The number of piperidine rings is 1. The normalized spacial score (nSPS) is 27.0. The Morgan fingerprint density at radius 1 is 1.09 bits per heavy atom. The number of fused-ring (bicyclic) bond motifs is 2. The topological polar surface area (TPSA) is 86.3 Å². The van der Waals surface area contributed by atoms with Crippen molar-refractivity contribution in [2.75, 3.05) is 26.7 Å². The van der Waals surface area contributed by atoms with E-state index in [9.17, 15) is 18.0 Å². The molecule has 6 nitrogen and oxygen atoms in total. The molecule has 1 saturated carbocycles. The molecule has 0 aromatic heterocycles. The van der Waals surface area contributed by atoms with E-state index in [4.69, 9.17) is 26.2 Å². The van der Waals surface area contributed by atoms with E-state index in [1.54, 1.807) is 7.11 Å². The van der Waals surface area contributed by atoms with Crippen molar-refractivity contribution in [3.05, 3.63) is 63.9 Å². The first-order valence-electron chi connectivity index (χ1n) is 16.0. The van der Waals surface area contributed by atoms with E-state index in [0.29, 0.717) is 28.2 Å². The molecule has 2 heterocycles. The predicted octanol–water partition coefficient (Wildman–Crippen LogP) is 4.91. The van der Waals surface area contributed by atoms with Crippen molar-refractivity contribution in [3.8, 4) is 5.75 Å². The summed E-state index contributed by atoms with van der Waals surface area (Å²) < 4.78 is 53.0. The third-order valence-corrected chi connectivity index (χ3v) is 10.8. The predicted molar refractivity (Wildman–Crippen MR) is 159 cm³/mol. The summed E-state index contributed by atoms with van der Waals surface area (Å²) in [5.41, 5.74) is 2.48. The van der Waals surface area contributed by atoms with Crippen molar-refractivity contribution in [2.45, 2.75) is 87.8 Å². The monoisotopic (exact) mass is 652 g/mol. The fourth-order valence-corrected chi connectivity index (χ4v) is 8.87. The molecule has 4 aliphatic rings. The van der Waals surface area contributed by atoms with Crippen LogP contribution in [0.3, 0.4) is 0 Å². The van der Waals surface area contributed by atoms with Gasteiger partial charge in [0.1, 0.15) is 23.5 Å². The number of carboxylic acids is 1. The number of rotatable bonds is 4. The number of carboxylic acid groups (broad SMARTS) is 1. The zero-order valence-corrected chi connectivity index (χ0v) is 26.3. The molecular weight excluding hydrogens is 612 g/mol. The Bertz CT molecular complexity index is 1370. The van der Waals surface area contributed by atoms with Gasteiger partial charge in [0.2, 0.25) is 5.91 Å². The van der Waals surface area contributed by atoms with Crippen LogP contribution in [0.15, 0.2) is 36.4 Å². The van der Waals surface area contributed by atoms with E-state index in [0.717, 1.165) is 57.3 Å². The van der Waals surface area contributed by atoms with Gasteiger partial charge in [-0.15, -0.1) is 0 Å². The summed E-state index contributed by atoms with van der Waals surface area (Å²) in [6.07, 6.45) is 5.60. The first-order valence-corrected chi connectivity index (χ1v) is 16.4. The van der Waals surface area contributed by atoms with Gasteiger partial charge in [0.15, 0.2) is 0 Å². The number of halogens is 5. The summed E-state index contributed by atoms with van der Waals surface area (Å²) in [7, 11) is 1.61. The van der Waals surface area contributed by atoms with Gasteiger partial charge in [-0.1, -0.05) is 61.2 Å². The minimum Gasteiger partial charge on any atom is -0.542 e. The molecule has 2 aliphatic heterocycles. The number of benzene rings is 2. The SMILES string of the molecule is COc1c(Cl)cc(F)c2c1CCCC21C[NH2+]CC1C(=O)N1CC[C@@H](c2ccccc2)C[C@H]1C1CCCCC1.O=C([O-])C(F)(F)F. The van der Waals surface area contributed by atoms with Crippen molar-refractivity contribution in [1.82, 2.24) is 4.90 Å². The van der Waals surface area contributed by atoms with Gasteiger partial charge in [-0.25, -0.2) is 4.39 Å². The van der Waals surface area contributed by atoms with E-state index in [2.05, 4.69) is 40.5 Å². The Balaban J connectivity index is 0.000000515. The summed E-state index contributed by atoms with van der Waals surface area (Å²) in [5.74, 6) is -1.60. The van der Waals surface area contributed by atoms with Gasteiger partial charge >= 0.3 is 6.18 Å². The zero-order chi connectivity index (χ0) is 32.4. The average molecular weight is 653 g/mol. The second kappa shape index (κ2) is 13.9. The summed E-state index contributed by atoms with van der Waals surface area (Å²) in [5, 5.41) is 11.4. The molecule has 2 saturated heterocycles. The molecule has 2 unspecified atom stereocenters. The maximum Gasteiger partial charge on any atom is 0.430 e. The maximum atomic E-state index is 15.8. The molecule has 11 heteroatoms. The van der Waals surface area contributed by atoms with Crippen LogP contribution in [0.4, 0.5) is 17.6 Å². The Hall–Kier alpha value is -2.85. The number of hydrogen-bond donors (Lipinski definition) is 1. The van der Waals surface area contributed by atoms with Crippen LogP contribution in [0.2, 0.25) is 5.02 Å². The number of alkyl halides is 3. The van der Waals surface area contributed by atoms with E-state index < -0.39 is 17.6 Å². The lowest BCUT2D eigenvalue weighted by molar-refractivity contribution is -0.640. The van der Waals surface area contributed by atoms with Crippen molar-refractivity contribution in [3.63, 3.8) is 0 Å². The second-order valence-corrected chi connectivity index (χ2v) is 13.3. The molecule has 2 N–H and O–H groups in total. The highest BCUT2D eigenvalue weighted by molar-refractivity contribution is 6.32. The van der Waals surface area contributed by atoms with Gasteiger partial charge in [-0.2, -0.15) is 13.2 Å². The number of nitrogens with zero attached hydrogens (tertiary/aromatic N) is 1. The third kappa shape index (κ3) is 6.82. The number of ether oxygens (including phenoxy) is 1. The van der Waals surface area contributed by atoms with Crippen molar-refractivity contribution in [1.29, 1.82) is 0 Å². The van der Waals surface area contributed by atoms with Crippen molar-refractivity contribution < 1.29 is 42.3 Å². The number of amides is 1. The quantitative estimate of drug-likeness (QED) is 0.476. The molecule has 2 aliphatic carbocycles. The zero-order valence-electron chi connectivity index (χ0n) is 25.5. The van der Waals surface area contributed by atoms with Crippen molar-refractivity contribution >= 4 is 23.5 Å². The molecule has 0 bridgehead atoms. The molecule has 6 rings (SSSR count). The smallest absolute Gasteiger partial charge is 0.430 e. The lowest BCUT2D eigenvalue weighted by Crippen LogP contribution is -2.82. The van der Waals surface area contributed by atoms with Crippen molar-refractivity contribution in [2.24, 2.45) is 11.8 Å². The van der Waals surface area contributed by atoms with Gasteiger partial charge in [0, 0.05) is 23.7 Å². The number of aliphatic carboxylic acids is 1. The Labute approximate surface area is 266 Å². The number of nitrogens with two attached hydrogens (primary N) is 1. The number of methoxy groups -OCH3 is 1. The van der Waals surface area contributed by atoms with E-state index in [-0.39, 0.29) is 23.7 Å². The van der Waals surface area contributed by atoms with Gasteiger partial charge in [0.05, 0.1) is 30.6 Å². The van der Waals surface area contributed by atoms with Crippen LogP contribution in [0.1, 0.15) is 80.4 Å². The van der Waals surface area contributed by atoms with E-state index in [1.165, 1.54) is 43.7 Å². The van der Waals surface area contributed by atoms with Crippen LogP contribution >= 0.6 is 11.6 Å². The van der Waals surface area contributed by atoms with E-state index >= 15 is 4.39 Å². The molecule has 1 spiro atoms. The first kappa shape index (κ1) is 33.5. The minimum atomic E-state index is -5.19. The van der Waals surface area contributed by atoms with Gasteiger partial charge in [-0.3, -0.25) is 4.79 Å². The van der Waals surface area contributed by atoms with E-state index in [1.807, 2.05) is 0 Å². The standard InChI is InChI=1S/C32H40ClFN2O2.C2HF3O2/c1-38-30-24-13-8-15-32(29(24)27(34)18-26(30)33)20-35-19-25(32)31(37)36-16-14-23(21-9-4-2-5-10-21)17-28(36)22-11-6-3-7-12-22;3-2(4,5)1(6)7/h2,4-5,9-10,18,22-23,25,28,35H,3,6-8,11-17,19-20H2,1H3;(H,6,7)/t23-,25?,28+,32?;/m1./s1. The lowest BCUT2D eigenvalue weighted by Gasteiger charge is -2.47. The van der Waals surface area contributed by atoms with Crippen LogP contribution in [0, 0.1) is 17.7 Å². The lowest BCUT2D eigenvalue weighted by atomic mass is 9.63. The molecule has 2 aromatic rings. The number of likely N-dealkylation sites (tertiary alicyclic amines) is 1. The van der Waals surface area contributed by atoms with Gasteiger partial charge in [-0.05, 0) is 68.4 Å². The van der Waals surface area contributed by atoms with Crippen LogP contribution < -0.4 is 15.2 Å². The summed E-state index contributed by atoms with van der Waals surface area (Å²) in [4.78, 5) is 25.7. The fourth-order valence-electron chi connectivity index (χ4n) is 8.58. The largest absolute Gasteiger partial charge is 0.542 e. The number of quaternary nitrogens is 1. The van der Waals surface area contributed by atoms with Crippen LogP contribution in [-0.4, -0.2) is 55.7 Å². The Morgan fingerprint density at radius 3 is 2.42 bits per heavy atom. The van der Waals surface area contributed by atoms with Gasteiger partial charge < -0.3 is 24.9 Å².